The Morgan fingerprint density at radius 1 is 1.33 bits per heavy atom. The molecule has 0 atom stereocenters. The van der Waals surface area contributed by atoms with Gasteiger partial charge < -0.3 is 4.74 Å². The van der Waals surface area contributed by atoms with Gasteiger partial charge in [0.25, 0.3) is 0 Å². The number of nitrogens with zero attached hydrogens (tertiary/aromatic N) is 2. The molecule has 1 N–H and O–H groups in total. The minimum Gasteiger partial charge on any atom is -0.485 e. The van der Waals surface area contributed by atoms with Crippen molar-refractivity contribution in [1.29, 1.82) is 0 Å². The fourth-order valence-electron chi connectivity index (χ4n) is 1.96. The predicted octanol–water partition coefficient (Wildman–Crippen LogP) is 2.69. The van der Waals surface area contributed by atoms with Crippen molar-refractivity contribution >= 4 is 21.4 Å². The van der Waals surface area contributed by atoms with E-state index in [2.05, 4.69) is 14.7 Å². The molecule has 0 saturated carbocycles. The summed E-state index contributed by atoms with van der Waals surface area (Å²) in [6.45, 7) is 4.66. The monoisotopic (exact) mass is 369 g/mol. The van der Waals surface area contributed by atoms with Gasteiger partial charge >= 0.3 is 0 Å². The Hall–Kier alpha value is -1.51. The Morgan fingerprint density at radius 2 is 2.17 bits per heavy atom. The van der Waals surface area contributed by atoms with Gasteiger partial charge in [-0.15, -0.1) is 11.3 Å². The number of aromatic nitrogens is 2. The second kappa shape index (κ2) is 9.10. The Labute approximate surface area is 147 Å². The summed E-state index contributed by atoms with van der Waals surface area (Å²) < 4.78 is 31.7. The molecule has 2 aromatic heterocycles. The summed E-state index contributed by atoms with van der Waals surface area (Å²) in [5.74, 6) is 0.894. The second-order valence-electron chi connectivity index (χ2n) is 5.47. The van der Waals surface area contributed by atoms with E-state index >= 15 is 0 Å². The maximum Gasteiger partial charge on any atom is 0.211 e. The highest BCUT2D eigenvalue weighted by Gasteiger charge is 2.09. The smallest absolute Gasteiger partial charge is 0.211 e. The van der Waals surface area contributed by atoms with Crippen LogP contribution in [0.25, 0.3) is 0 Å². The van der Waals surface area contributed by atoms with Crippen LogP contribution in [0.5, 0.6) is 5.75 Å². The third kappa shape index (κ3) is 6.54. The maximum atomic E-state index is 11.7. The van der Waals surface area contributed by atoms with Crippen LogP contribution in [0.15, 0.2) is 23.7 Å². The van der Waals surface area contributed by atoms with Crippen LogP contribution in [0.1, 0.15) is 36.2 Å². The van der Waals surface area contributed by atoms with Crippen LogP contribution in [0.2, 0.25) is 0 Å². The maximum absolute atomic E-state index is 11.7. The van der Waals surface area contributed by atoms with Gasteiger partial charge in [-0.3, -0.25) is 4.98 Å². The van der Waals surface area contributed by atoms with Gasteiger partial charge in [0.1, 0.15) is 17.4 Å². The Kier molecular flexibility index (Phi) is 7.14. The molecule has 2 rings (SSSR count). The van der Waals surface area contributed by atoms with E-state index in [1.54, 1.807) is 6.20 Å². The van der Waals surface area contributed by atoms with E-state index in [9.17, 15) is 8.42 Å². The van der Waals surface area contributed by atoms with Crippen molar-refractivity contribution in [1.82, 2.24) is 14.7 Å². The molecule has 0 fully saturated rings. The summed E-state index contributed by atoms with van der Waals surface area (Å²) in [6.07, 6.45) is 3.82. The number of aryl methyl sites for hydroxylation is 1. The number of hydrogen-bond donors (Lipinski definition) is 1. The standard InChI is InChI=1S/C16H23N3O3S2/c1-3-4-9-24(20,21)18-8-7-14-12-23-16(19-14)11-22-15-6-5-13(2)17-10-15/h5-6,10,12,18H,3-4,7-9,11H2,1-2H3. The number of rotatable bonds is 10. The van der Waals surface area contributed by atoms with Gasteiger partial charge in [-0.25, -0.2) is 18.1 Å². The van der Waals surface area contributed by atoms with Crippen LogP contribution < -0.4 is 9.46 Å². The number of thiazole rings is 1. The third-order valence-corrected chi connectivity index (χ3v) is 5.66. The molecule has 132 valence electrons. The molecule has 0 saturated heterocycles. The van der Waals surface area contributed by atoms with Gasteiger partial charge in [-0.1, -0.05) is 13.3 Å². The molecule has 8 heteroatoms. The molecule has 0 bridgehead atoms. The molecule has 0 radical (unpaired) electrons. The fraction of sp³-hybridized carbons (Fsp3) is 0.500. The van der Waals surface area contributed by atoms with Crippen molar-refractivity contribution in [2.45, 2.75) is 39.7 Å². The summed E-state index contributed by atoms with van der Waals surface area (Å²) in [5.41, 5.74) is 1.82. The summed E-state index contributed by atoms with van der Waals surface area (Å²) >= 11 is 1.51. The predicted molar refractivity (Wildman–Crippen MR) is 95.8 cm³/mol. The van der Waals surface area contributed by atoms with Crippen LogP contribution in [0.3, 0.4) is 0 Å². The normalized spacial score (nSPS) is 11.6. The number of nitrogens with one attached hydrogen (secondary N) is 1. The minimum absolute atomic E-state index is 0.185. The number of ether oxygens (including phenoxy) is 1. The summed E-state index contributed by atoms with van der Waals surface area (Å²) in [4.78, 5) is 8.64. The van der Waals surface area contributed by atoms with E-state index in [1.807, 2.05) is 31.4 Å². The molecule has 0 aliphatic rings. The van der Waals surface area contributed by atoms with Crippen molar-refractivity contribution < 1.29 is 13.2 Å². The van der Waals surface area contributed by atoms with Gasteiger partial charge in [-0.2, -0.15) is 0 Å². The Balaban J connectivity index is 1.75. The van der Waals surface area contributed by atoms with Crippen LogP contribution >= 0.6 is 11.3 Å². The van der Waals surface area contributed by atoms with E-state index in [0.717, 1.165) is 22.8 Å². The molecule has 2 aromatic rings. The molecular formula is C16H23N3O3S2. The van der Waals surface area contributed by atoms with E-state index in [-0.39, 0.29) is 5.75 Å². The molecule has 0 aromatic carbocycles. The van der Waals surface area contributed by atoms with Gasteiger partial charge in [-0.05, 0) is 25.5 Å². The van der Waals surface area contributed by atoms with E-state index in [0.29, 0.717) is 31.7 Å². The van der Waals surface area contributed by atoms with Crippen molar-refractivity contribution in [3.05, 3.63) is 40.1 Å². The lowest BCUT2D eigenvalue weighted by Crippen LogP contribution is -2.28. The van der Waals surface area contributed by atoms with E-state index < -0.39 is 10.0 Å². The van der Waals surface area contributed by atoms with Gasteiger partial charge in [0.05, 0.1) is 17.6 Å². The Bertz CT molecular complexity index is 727. The number of pyridine rings is 1. The van der Waals surface area contributed by atoms with Crippen LogP contribution in [0.4, 0.5) is 0 Å². The number of unbranched alkanes of at least 4 members (excludes halogenated alkanes) is 1. The lowest BCUT2D eigenvalue weighted by Gasteiger charge is -2.05. The van der Waals surface area contributed by atoms with Crippen LogP contribution in [-0.4, -0.2) is 30.7 Å². The first-order valence-electron chi connectivity index (χ1n) is 7.94. The van der Waals surface area contributed by atoms with Crippen molar-refractivity contribution in [2.75, 3.05) is 12.3 Å². The van der Waals surface area contributed by atoms with Gasteiger partial charge in [0.2, 0.25) is 10.0 Å². The minimum atomic E-state index is -3.16. The van der Waals surface area contributed by atoms with Gasteiger partial charge in [0.15, 0.2) is 0 Å². The largest absolute Gasteiger partial charge is 0.485 e. The van der Waals surface area contributed by atoms with Crippen molar-refractivity contribution in [3.63, 3.8) is 0 Å². The zero-order valence-electron chi connectivity index (χ0n) is 14.0. The SMILES string of the molecule is CCCCS(=O)(=O)NCCc1csc(COc2ccc(C)nc2)n1. The molecule has 2 heterocycles. The van der Waals surface area contributed by atoms with Crippen LogP contribution in [-0.2, 0) is 23.1 Å². The molecular weight excluding hydrogens is 346 g/mol. The molecule has 0 amide bonds. The van der Waals surface area contributed by atoms with E-state index in [1.165, 1.54) is 11.3 Å². The highest BCUT2D eigenvalue weighted by atomic mass is 32.2. The average molecular weight is 370 g/mol. The fourth-order valence-corrected chi connectivity index (χ4v) is 3.92. The third-order valence-electron chi connectivity index (χ3n) is 3.32. The highest BCUT2D eigenvalue weighted by molar-refractivity contribution is 7.89. The summed E-state index contributed by atoms with van der Waals surface area (Å²) in [5, 5.41) is 2.80. The topological polar surface area (TPSA) is 81.2 Å². The quantitative estimate of drug-likeness (QED) is 0.696. The van der Waals surface area contributed by atoms with E-state index in [4.69, 9.17) is 4.74 Å². The highest BCUT2D eigenvalue weighted by Crippen LogP contribution is 2.15. The zero-order valence-corrected chi connectivity index (χ0v) is 15.6. The molecule has 24 heavy (non-hydrogen) atoms. The summed E-state index contributed by atoms with van der Waals surface area (Å²) in [6, 6.07) is 3.77. The second-order valence-corrected chi connectivity index (χ2v) is 8.34. The lowest BCUT2D eigenvalue weighted by atomic mass is 10.3. The molecule has 6 nitrogen and oxygen atoms in total. The summed E-state index contributed by atoms with van der Waals surface area (Å²) in [7, 11) is -3.16. The first kappa shape index (κ1) is 18.8. The molecule has 0 unspecified atom stereocenters. The zero-order chi connectivity index (χ0) is 17.4. The lowest BCUT2D eigenvalue weighted by molar-refractivity contribution is 0.304. The number of hydrogen-bond acceptors (Lipinski definition) is 6. The Morgan fingerprint density at radius 3 is 2.88 bits per heavy atom. The van der Waals surface area contributed by atoms with Crippen molar-refractivity contribution in [3.8, 4) is 5.75 Å². The molecule has 0 aliphatic heterocycles. The first-order valence-corrected chi connectivity index (χ1v) is 10.5. The van der Waals surface area contributed by atoms with Crippen molar-refractivity contribution in [2.24, 2.45) is 0 Å². The first-order chi connectivity index (χ1) is 11.5. The molecule has 0 aliphatic carbocycles. The molecule has 0 spiro atoms. The van der Waals surface area contributed by atoms with Crippen LogP contribution in [0, 0.1) is 6.92 Å². The number of sulfonamides is 1. The van der Waals surface area contributed by atoms with Gasteiger partial charge in [0, 0.05) is 24.0 Å². The average Bonchev–Trinajstić information content (AvgIpc) is 3.00.